The van der Waals surface area contributed by atoms with Gasteiger partial charge in [-0.3, -0.25) is 0 Å². The van der Waals surface area contributed by atoms with Crippen molar-refractivity contribution in [1.29, 1.82) is 0 Å². The van der Waals surface area contributed by atoms with E-state index in [2.05, 4.69) is 41.1 Å². The lowest BCUT2D eigenvalue weighted by Crippen LogP contribution is -2.31. The lowest BCUT2D eigenvalue weighted by atomic mass is 10.1. The molecular formula is C12H22N4. The number of rotatable bonds is 6. The fourth-order valence-corrected chi connectivity index (χ4v) is 1.83. The first-order chi connectivity index (χ1) is 7.72. The first kappa shape index (κ1) is 12.9. The molecule has 0 bridgehead atoms. The molecular weight excluding hydrogens is 200 g/mol. The maximum Gasteiger partial charge on any atom is 0.225 e. The Balaban J connectivity index is 2.72. The van der Waals surface area contributed by atoms with Crippen molar-refractivity contribution in [3.8, 4) is 0 Å². The minimum atomic E-state index is 0.523. The molecule has 0 spiro atoms. The van der Waals surface area contributed by atoms with Crippen LogP contribution >= 0.6 is 0 Å². The van der Waals surface area contributed by atoms with Crippen molar-refractivity contribution in [3.63, 3.8) is 0 Å². The van der Waals surface area contributed by atoms with Gasteiger partial charge in [0.25, 0.3) is 0 Å². The third-order valence-corrected chi connectivity index (χ3v) is 2.88. The third kappa shape index (κ3) is 3.17. The first-order valence-corrected chi connectivity index (χ1v) is 5.91. The van der Waals surface area contributed by atoms with Gasteiger partial charge in [-0.1, -0.05) is 13.8 Å². The summed E-state index contributed by atoms with van der Waals surface area (Å²) in [5.74, 6) is 0.813. The van der Waals surface area contributed by atoms with E-state index in [1.165, 1.54) is 0 Å². The molecule has 0 aliphatic carbocycles. The molecule has 1 aromatic heterocycles. The van der Waals surface area contributed by atoms with E-state index >= 15 is 0 Å². The fraction of sp³-hybridized carbons (Fsp3) is 0.667. The molecule has 0 aliphatic rings. The summed E-state index contributed by atoms with van der Waals surface area (Å²) < 4.78 is 0. The maximum absolute atomic E-state index is 4.39. The molecule has 0 saturated carbocycles. The number of hydrogen-bond donors (Lipinski definition) is 1. The van der Waals surface area contributed by atoms with Crippen LogP contribution in [0.25, 0.3) is 0 Å². The second kappa shape index (κ2) is 6.43. The zero-order chi connectivity index (χ0) is 12.0. The van der Waals surface area contributed by atoms with Gasteiger partial charge in [-0.05, 0) is 19.9 Å². The Hall–Kier alpha value is -1.16. The van der Waals surface area contributed by atoms with E-state index < -0.39 is 0 Å². The minimum absolute atomic E-state index is 0.523. The molecule has 0 aliphatic heterocycles. The number of hydrogen-bond acceptors (Lipinski definition) is 4. The Bertz CT molecular complexity index is 292. The smallest absolute Gasteiger partial charge is 0.225 e. The molecule has 1 N–H and O–H groups in total. The average Bonchev–Trinajstić information content (AvgIpc) is 2.32. The predicted molar refractivity (Wildman–Crippen MR) is 67.6 cm³/mol. The Morgan fingerprint density at radius 3 is 2.25 bits per heavy atom. The van der Waals surface area contributed by atoms with E-state index in [4.69, 9.17) is 0 Å². The predicted octanol–water partition coefficient (Wildman–Crippen LogP) is 1.82. The number of nitrogens with one attached hydrogen (secondary N) is 1. The average molecular weight is 222 g/mol. The Labute approximate surface area is 98.1 Å². The van der Waals surface area contributed by atoms with Crippen LogP contribution in [0.15, 0.2) is 12.4 Å². The highest BCUT2D eigenvalue weighted by molar-refractivity contribution is 5.30. The molecule has 16 heavy (non-hydrogen) atoms. The van der Waals surface area contributed by atoms with E-state index in [1.807, 2.05) is 19.4 Å². The van der Waals surface area contributed by atoms with Crippen LogP contribution in [0, 0.1) is 0 Å². The van der Waals surface area contributed by atoms with Crippen LogP contribution in [-0.2, 0) is 6.54 Å². The molecule has 0 amide bonds. The monoisotopic (exact) mass is 222 g/mol. The van der Waals surface area contributed by atoms with E-state index in [9.17, 15) is 0 Å². The van der Waals surface area contributed by atoms with Crippen molar-refractivity contribution in [2.24, 2.45) is 0 Å². The summed E-state index contributed by atoms with van der Waals surface area (Å²) in [4.78, 5) is 10.9. The second-order valence-corrected chi connectivity index (χ2v) is 4.00. The summed E-state index contributed by atoms with van der Waals surface area (Å²) in [5, 5.41) is 3.08. The molecule has 4 nitrogen and oxygen atoms in total. The summed E-state index contributed by atoms with van der Waals surface area (Å²) in [5.41, 5.74) is 1.11. The quantitative estimate of drug-likeness (QED) is 0.797. The Morgan fingerprint density at radius 2 is 1.81 bits per heavy atom. The van der Waals surface area contributed by atoms with Crippen LogP contribution in [0.3, 0.4) is 0 Å². The van der Waals surface area contributed by atoms with Gasteiger partial charge in [-0.15, -0.1) is 0 Å². The van der Waals surface area contributed by atoms with E-state index in [0.29, 0.717) is 6.04 Å². The lowest BCUT2D eigenvalue weighted by Gasteiger charge is -2.26. The summed E-state index contributed by atoms with van der Waals surface area (Å²) in [6, 6.07) is 0.523. The maximum atomic E-state index is 4.39. The second-order valence-electron chi connectivity index (χ2n) is 4.00. The number of aromatic nitrogens is 2. The van der Waals surface area contributed by atoms with Gasteiger partial charge in [0.1, 0.15) is 0 Å². The molecule has 0 radical (unpaired) electrons. The molecule has 1 aromatic rings. The molecule has 1 rings (SSSR count). The molecule has 4 heteroatoms. The van der Waals surface area contributed by atoms with Crippen molar-refractivity contribution in [2.75, 3.05) is 19.0 Å². The van der Waals surface area contributed by atoms with Crippen LogP contribution in [-0.4, -0.2) is 30.1 Å². The lowest BCUT2D eigenvalue weighted by molar-refractivity contribution is 0.580. The molecule has 0 unspecified atom stereocenters. The van der Waals surface area contributed by atoms with E-state index in [0.717, 1.165) is 30.9 Å². The van der Waals surface area contributed by atoms with E-state index in [1.54, 1.807) is 0 Å². The third-order valence-electron chi connectivity index (χ3n) is 2.88. The highest BCUT2D eigenvalue weighted by Gasteiger charge is 2.12. The van der Waals surface area contributed by atoms with Crippen molar-refractivity contribution in [1.82, 2.24) is 15.3 Å². The molecule has 90 valence electrons. The topological polar surface area (TPSA) is 41.1 Å². The highest BCUT2D eigenvalue weighted by atomic mass is 15.2. The van der Waals surface area contributed by atoms with Crippen molar-refractivity contribution < 1.29 is 0 Å². The van der Waals surface area contributed by atoms with Gasteiger partial charge < -0.3 is 10.2 Å². The van der Waals surface area contributed by atoms with Gasteiger partial charge in [0, 0.05) is 37.6 Å². The zero-order valence-electron chi connectivity index (χ0n) is 10.7. The van der Waals surface area contributed by atoms with Crippen LogP contribution in [0.5, 0.6) is 0 Å². The Morgan fingerprint density at radius 1 is 1.25 bits per heavy atom. The number of anilines is 1. The van der Waals surface area contributed by atoms with Gasteiger partial charge in [-0.2, -0.15) is 0 Å². The summed E-state index contributed by atoms with van der Waals surface area (Å²) in [6.45, 7) is 5.20. The SMILES string of the molecule is CCC(CC)N(C)c1ncc(CNC)cn1. The number of nitrogens with zero attached hydrogens (tertiary/aromatic N) is 3. The van der Waals surface area contributed by atoms with Crippen molar-refractivity contribution in [3.05, 3.63) is 18.0 Å². The van der Waals surface area contributed by atoms with E-state index in [-0.39, 0.29) is 0 Å². The van der Waals surface area contributed by atoms with Crippen LogP contribution in [0.4, 0.5) is 5.95 Å². The van der Waals surface area contributed by atoms with Gasteiger partial charge in [0.15, 0.2) is 0 Å². The first-order valence-electron chi connectivity index (χ1n) is 5.91. The van der Waals surface area contributed by atoms with Crippen LogP contribution in [0.2, 0.25) is 0 Å². The Kier molecular flexibility index (Phi) is 5.19. The van der Waals surface area contributed by atoms with Crippen molar-refractivity contribution in [2.45, 2.75) is 39.3 Å². The molecule has 0 aromatic carbocycles. The molecule has 0 fully saturated rings. The standard InChI is InChI=1S/C12H22N4/c1-5-11(6-2)16(4)12-14-8-10(7-13-3)9-15-12/h8-9,11,13H,5-7H2,1-4H3. The van der Waals surface area contributed by atoms with Crippen molar-refractivity contribution >= 4 is 5.95 Å². The fourth-order valence-electron chi connectivity index (χ4n) is 1.83. The highest BCUT2D eigenvalue weighted by Crippen LogP contribution is 2.13. The van der Waals surface area contributed by atoms with Gasteiger partial charge in [0.05, 0.1) is 0 Å². The van der Waals surface area contributed by atoms with Crippen LogP contribution in [0.1, 0.15) is 32.3 Å². The molecule has 1 heterocycles. The van der Waals surface area contributed by atoms with Crippen LogP contribution < -0.4 is 10.2 Å². The normalized spacial score (nSPS) is 10.8. The van der Waals surface area contributed by atoms with Gasteiger partial charge in [0.2, 0.25) is 5.95 Å². The molecule has 0 atom stereocenters. The molecule has 0 saturated heterocycles. The minimum Gasteiger partial charge on any atom is -0.341 e. The summed E-state index contributed by atoms with van der Waals surface area (Å²) in [7, 11) is 3.98. The largest absolute Gasteiger partial charge is 0.341 e. The van der Waals surface area contributed by atoms with Gasteiger partial charge in [-0.25, -0.2) is 9.97 Å². The summed E-state index contributed by atoms with van der Waals surface area (Å²) in [6.07, 6.45) is 6.01. The zero-order valence-corrected chi connectivity index (χ0v) is 10.7. The van der Waals surface area contributed by atoms with Gasteiger partial charge >= 0.3 is 0 Å². The summed E-state index contributed by atoms with van der Waals surface area (Å²) >= 11 is 0.